The van der Waals surface area contributed by atoms with Gasteiger partial charge in [-0.25, -0.2) is 4.79 Å². The fourth-order valence-electron chi connectivity index (χ4n) is 4.25. The van der Waals surface area contributed by atoms with Crippen LogP contribution < -0.4 is 4.74 Å². The van der Waals surface area contributed by atoms with Gasteiger partial charge >= 0.3 is 5.97 Å². The van der Waals surface area contributed by atoms with Gasteiger partial charge in [0.05, 0.1) is 5.56 Å². The number of likely N-dealkylation sites (tertiary alicyclic amines) is 1. The van der Waals surface area contributed by atoms with Gasteiger partial charge in [0, 0.05) is 23.6 Å². The minimum absolute atomic E-state index is 0.336. The summed E-state index contributed by atoms with van der Waals surface area (Å²) in [6, 6.07) is 23.9. The summed E-state index contributed by atoms with van der Waals surface area (Å²) < 4.78 is 6.95. The number of carboxylic acids is 1. The molecule has 0 radical (unpaired) electrons. The van der Waals surface area contributed by atoms with E-state index in [2.05, 4.69) is 44.9 Å². The predicted molar refractivity (Wildman–Crippen MR) is 134 cm³/mol. The Morgan fingerprint density at radius 2 is 1.48 bits per heavy atom. The Kier molecular flexibility index (Phi) is 7.81. The molecule has 1 heterocycles. The Morgan fingerprint density at radius 3 is 2.06 bits per heavy atom. The van der Waals surface area contributed by atoms with Gasteiger partial charge in [-0.15, -0.1) is 0 Å². The summed E-state index contributed by atoms with van der Waals surface area (Å²) in [6.07, 6.45) is 2.27. The van der Waals surface area contributed by atoms with Crippen molar-refractivity contribution in [1.82, 2.24) is 9.80 Å². The van der Waals surface area contributed by atoms with Crippen LogP contribution in [0.5, 0.6) is 11.5 Å². The average Bonchev–Trinajstić information content (AvgIpc) is 2.82. The fourth-order valence-corrected chi connectivity index (χ4v) is 4.51. The topological polar surface area (TPSA) is 53.0 Å². The Balaban J connectivity index is 1.23. The van der Waals surface area contributed by atoms with Crippen LogP contribution in [0.2, 0.25) is 0 Å². The highest BCUT2D eigenvalue weighted by Crippen LogP contribution is 2.25. The molecule has 5 nitrogen and oxygen atoms in total. The zero-order chi connectivity index (χ0) is 23.2. The largest absolute Gasteiger partial charge is 0.478 e. The molecule has 6 heteroatoms. The molecule has 0 saturated carbocycles. The lowest BCUT2D eigenvalue weighted by atomic mass is 10.0. The van der Waals surface area contributed by atoms with Crippen LogP contribution >= 0.6 is 15.9 Å². The molecule has 0 atom stereocenters. The molecule has 0 amide bonds. The fraction of sp³-hybridized carbons (Fsp3) is 0.296. The van der Waals surface area contributed by atoms with E-state index < -0.39 is 5.97 Å². The SMILES string of the molecule is CN(Cc1ccc(C(=O)O)cc1)C1CCN(Cc2ccc(Oc3ccc(Br)cc3)cc2)CC1. The highest BCUT2D eigenvalue weighted by Gasteiger charge is 2.22. The van der Waals surface area contributed by atoms with Gasteiger partial charge in [-0.1, -0.05) is 40.2 Å². The Hall–Kier alpha value is -2.67. The summed E-state index contributed by atoms with van der Waals surface area (Å²) in [6.45, 7) is 3.93. The number of hydrogen-bond acceptors (Lipinski definition) is 4. The number of benzene rings is 3. The lowest BCUT2D eigenvalue weighted by molar-refractivity contribution is 0.0697. The lowest BCUT2D eigenvalue weighted by Gasteiger charge is -2.37. The summed E-state index contributed by atoms with van der Waals surface area (Å²) in [4.78, 5) is 15.9. The van der Waals surface area contributed by atoms with E-state index in [1.807, 2.05) is 48.5 Å². The molecule has 3 aromatic rings. The van der Waals surface area contributed by atoms with E-state index in [9.17, 15) is 4.79 Å². The second-order valence-electron chi connectivity index (χ2n) is 8.62. The van der Waals surface area contributed by atoms with Crippen molar-refractivity contribution in [1.29, 1.82) is 0 Å². The monoisotopic (exact) mass is 508 g/mol. The van der Waals surface area contributed by atoms with Gasteiger partial charge in [0.1, 0.15) is 11.5 Å². The number of halogens is 1. The second-order valence-corrected chi connectivity index (χ2v) is 9.54. The van der Waals surface area contributed by atoms with Gasteiger partial charge in [-0.3, -0.25) is 9.80 Å². The van der Waals surface area contributed by atoms with E-state index in [0.717, 1.165) is 60.6 Å². The Morgan fingerprint density at radius 1 is 0.939 bits per heavy atom. The highest BCUT2D eigenvalue weighted by molar-refractivity contribution is 9.10. The van der Waals surface area contributed by atoms with Crippen LogP contribution in [-0.2, 0) is 13.1 Å². The van der Waals surface area contributed by atoms with Crippen LogP contribution in [0.15, 0.2) is 77.3 Å². The summed E-state index contributed by atoms with van der Waals surface area (Å²) in [5, 5.41) is 9.05. The van der Waals surface area contributed by atoms with E-state index in [1.165, 1.54) is 5.56 Å². The van der Waals surface area contributed by atoms with Crippen LogP contribution in [-0.4, -0.2) is 47.1 Å². The van der Waals surface area contributed by atoms with Crippen LogP contribution in [0.4, 0.5) is 0 Å². The number of hydrogen-bond donors (Lipinski definition) is 1. The van der Waals surface area contributed by atoms with Crippen LogP contribution in [0.25, 0.3) is 0 Å². The molecular weight excluding hydrogens is 480 g/mol. The molecule has 1 aliphatic heterocycles. The first-order valence-electron chi connectivity index (χ1n) is 11.2. The smallest absolute Gasteiger partial charge is 0.335 e. The van der Waals surface area contributed by atoms with E-state index in [0.29, 0.717) is 11.6 Å². The zero-order valence-electron chi connectivity index (χ0n) is 18.8. The maximum atomic E-state index is 11.0. The number of piperidine rings is 1. The number of aromatic carboxylic acids is 1. The third kappa shape index (κ3) is 6.67. The molecule has 1 N–H and O–H groups in total. The number of nitrogens with zero attached hydrogens (tertiary/aromatic N) is 2. The summed E-state index contributed by atoms with van der Waals surface area (Å²) in [5.41, 5.74) is 2.78. The van der Waals surface area contributed by atoms with E-state index in [4.69, 9.17) is 9.84 Å². The number of ether oxygens (including phenoxy) is 1. The van der Waals surface area contributed by atoms with Crippen molar-refractivity contribution >= 4 is 21.9 Å². The highest BCUT2D eigenvalue weighted by atomic mass is 79.9. The molecule has 3 aromatic carbocycles. The number of carboxylic acid groups (broad SMARTS) is 1. The van der Waals surface area contributed by atoms with Gasteiger partial charge in [0.2, 0.25) is 0 Å². The molecular formula is C27H29BrN2O3. The van der Waals surface area contributed by atoms with E-state index >= 15 is 0 Å². The molecule has 0 unspecified atom stereocenters. The van der Waals surface area contributed by atoms with Crippen LogP contribution in [0.1, 0.15) is 34.3 Å². The minimum Gasteiger partial charge on any atom is -0.478 e. The van der Waals surface area contributed by atoms with Gasteiger partial charge in [0.15, 0.2) is 0 Å². The van der Waals surface area contributed by atoms with Gasteiger partial charge < -0.3 is 9.84 Å². The van der Waals surface area contributed by atoms with Crippen molar-refractivity contribution in [2.75, 3.05) is 20.1 Å². The molecule has 1 fully saturated rings. The number of carbonyl (C=O) groups is 1. The Bertz CT molecular complexity index is 1040. The zero-order valence-corrected chi connectivity index (χ0v) is 20.4. The van der Waals surface area contributed by atoms with Crippen molar-refractivity contribution in [2.45, 2.75) is 32.0 Å². The number of rotatable bonds is 8. The van der Waals surface area contributed by atoms with E-state index in [1.54, 1.807) is 12.1 Å². The molecule has 0 spiro atoms. The third-order valence-corrected chi connectivity index (χ3v) is 6.72. The van der Waals surface area contributed by atoms with Crippen LogP contribution in [0, 0.1) is 0 Å². The van der Waals surface area contributed by atoms with Gasteiger partial charge in [0.25, 0.3) is 0 Å². The Labute approximate surface area is 203 Å². The molecule has 0 bridgehead atoms. The first kappa shape index (κ1) is 23.5. The van der Waals surface area contributed by atoms with Crippen molar-refractivity contribution in [2.24, 2.45) is 0 Å². The molecule has 4 rings (SSSR count). The molecule has 0 aromatic heterocycles. The normalized spacial score (nSPS) is 15.0. The summed E-state index contributed by atoms with van der Waals surface area (Å²) >= 11 is 3.44. The molecule has 0 aliphatic carbocycles. The molecule has 172 valence electrons. The standard InChI is InChI=1S/C27H29BrN2O3/c1-29(18-20-2-6-22(7-3-20)27(31)32)24-14-16-30(17-15-24)19-21-4-10-25(11-5-21)33-26-12-8-23(28)9-13-26/h2-13,24H,14-19H2,1H3,(H,31,32). The summed E-state index contributed by atoms with van der Waals surface area (Å²) in [5.74, 6) is 0.793. The van der Waals surface area contributed by atoms with Crippen molar-refractivity contribution in [3.63, 3.8) is 0 Å². The first-order chi connectivity index (χ1) is 16.0. The predicted octanol–water partition coefficient (Wildman–Crippen LogP) is 6.04. The maximum absolute atomic E-state index is 11.0. The average molecular weight is 509 g/mol. The van der Waals surface area contributed by atoms with Crippen molar-refractivity contribution < 1.29 is 14.6 Å². The van der Waals surface area contributed by atoms with Crippen molar-refractivity contribution in [3.05, 3.63) is 94.0 Å². The first-order valence-corrected chi connectivity index (χ1v) is 12.0. The van der Waals surface area contributed by atoms with E-state index in [-0.39, 0.29) is 0 Å². The maximum Gasteiger partial charge on any atom is 0.335 e. The second kappa shape index (κ2) is 11.0. The molecule has 33 heavy (non-hydrogen) atoms. The van der Waals surface area contributed by atoms with Gasteiger partial charge in [-0.2, -0.15) is 0 Å². The minimum atomic E-state index is -0.881. The van der Waals surface area contributed by atoms with Crippen LogP contribution in [0.3, 0.4) is 0 Å². The quantitative estimate of drug-likeness (QED) is 0.402. The lowest BCUT2D eigenvalue weighted by Crippen LogP contribution is -2.42. The van der Waals surface area contributed by atoms with Crippen molar-refractivity contribution in [3.8, 4) is 11.5 Å². The molecule has 1 aliphatic rings. The summed E-state index contributed by atoms with van der Waals surface area (Å²) in [7, 11) is 2.16. The third-order valence-electron chi connectivity index (χ3n) is 6.19. The van der Waals surface area contributed by atoms with Gasteiger partial charge in [-0.05, 0) is 92.6 Å². The molecule has 1 saturated heterocycles.